The lowest BCUT2D eigenvalue weighted by atomic mass is 10.0. The minimum atomic E-state index is -4.01. The number of hydrogen-bond acceptors (Lipinski definition) is 4. The van der Waals surface area contributed by atoms with Crippen LogP contribution in [0.5, 0.6) is 0 Å². The monoisotopic (exact) mass is 334 g/mol. The SMILES string of the molecule is Nc1cc(Cl)cc(S(=O)(=O)N2C3CCC2CC(O)C3)c1F. The van der Waals surface area contributed by atoms with Gasteiger partial charge in [0.1, 0.15) is 4.90 Å². The zero-order valence-electron chi connectivity index (χ0n) is 11.2. The molecule has 1 aromatic carbocycles. The van der Waals surface area contributed by atoms with E-state index in [0.717, 1.165) is 6.07 Å². The summed E-state index contributed by atoms with van der Waals surface area (Å²) in [4.78, 5) is -0.485. The third-order valence-electron chi connectivity index (χ3n) is 4.23. The highest BCUT2D eigenvalue weighted by Crippen LogP contribution is 2.41. The predicted octanol–water partition coefficient (Wildman–Crippen LogP) is 1.74. The highest BCUT2D eigenvalue weighted by Gasteiger charge is 2.47. The first kappa shape index (κ1) is 15.0. The van der Waals surface area contributed by atoms with Crippen LogP contribution in [0.1, 0.15) is 25.7 Å². The summed E-state index contributed by atoms with van der Waals surface area (Å²) in [5.74, 6) is -0.968. The molecule has 2 atom stereocenters. The van der Waals surface area contributed by atoms with Crippen LogP contribution in [0, 0.1) is 5.82 Å². The van der Waals surface area contributed by atoms with Gasteiger partial charge in [0.2, 0.25) is 10.0 Å². The number of nitrogen functional groups attached to an aromatic ring is 1. The summed E-state index contributed by atoms with van der Waals surface area (Å²) >= 11 is 5.81. The first-order valence-corrected chi connectivity index (χ1v) is 8.58. The molecule has 0 aliphatic carbocycles. The number of fused-ring (bicyclic) bond motifs is 2. The highest BCUT2D eigenvalue weighted by atomic mass is 35.5. The Morgan fingerprint density at radius 3 is 2.43 bits per heavy atom. The maximum atomic E-state index is 14.1. The highest BCUT2D eigenvalue weighted by molar-refractivity contribution is 7.89. The van der Waals surface area contributed by atoms with Crippen LogP contribution in [0.2, 0.25) is 5.02 Å². The van der Waals surface area contributed by atoms with Crippen LogP contribution < -0.4 is 5.73 Å². The van der Waals surface area contributed by atoms with Crippen LogP contribution in [0.3, 0.4) is 0 Å². The number of piperidine rings is 1. The van der Waals surface area contributed by atoms with Crippen LogP contribution in [0.15, 0.2) is 17.0 Å². The van der Waals surface area contributed by atoms with Crippen molar-refractivity contribution in [2.75, 3.05) is 5.73 Å². The summed E-state index contributed by atoms with van der Waals surface area (Å²) in [6.45, 7) is 0. The molecular weight excluding hydrogens is 319 g/mol. The van der Waals surface area contributed by atoms with Crippen molar-refractivity contribution in [2.24, 2.45) is 0 Å². The molecule has 8 heteroatoms. The van der Waals surface area contributed by atoms with Gasteiger partial charge >= 0.3 is 0 Å². The maximum Gasteiger partial charge on any atom is 0.246 e. The number of benzene rings is 1. The standard InChI is InChI=1S/C13H16ClFN2O3S/c14-7-3-11(16)13(15)12(4-7)21(19,20)17-8-1-2-9(17)6-10(18)5-8/h3-4,8-10,18H,1-2,5-6,16H2. The topological polar surface area (TPSA) is 83.6 Å². The maximum absolute atomic E-state index is 14.1. The van der Waals surface area contributed by atoms with Crippen LogP contribution in [0.25, 0.3) is 0 Å². The van der Waals surface area contributed by atoms with Crippen molar-refractivity contribution in [1.82, 2.24) is 4.31 Å². The number of sulfonamides is 1. The fourth-order valence-corrected chi connectivity index (χ4v) is 5.69. The summed E-state index contributed by atoms with van der Waals surface area (Å²) in [6.07, 6.45) is 1.63. The van der Waals surface area contributed by atoms with Crippen LogP contribution in [-0.2, 0) is 10.0 Å². The zero-order chi connectivity index (χ0) is 15.4. The van der Waals surface area contributed by atoms with E-state index in [0.29, 0.717) is 25.7 Å². The van der Waals surface area contributed by atoms with Crippen molar-refractivity contribution in [3.05, 3.63) is 23.0 Å². The number of nitrogens with zero attached hydrogens (tertiary/aromatic N) is 1. The molecule has 21 heavy (non-hydrogen) atoms. The van der Waals surface area contributed by atoms with E-state index >= 15 is 0 Å². The lowest BCUT2D eigenvalue weighted by molar-refractivity contribution is 0.0768. The minimum absolute atomic E-state index is 0.0804. The third-order valence-corrected chi connectivity index (χ3v) is 6.45. The Hall–Kier alpha value is -0.890. The second kappa shape index (κ2) is 5.08. The minimum Gasteiger partial charge on any atom is -0.396 e. The Morgan fingerprint density at radius 2 is 1.86 bits per heavy atom. The summed E-state index contributed by atoms with van der Waals surface area (Å²) in [5.41, 5.74) is 5.19. The first-order chi connectivity index (χ1) is 9.80. The molecule has 1 aromatic rings. The molecule has 2 heterocycles. The van der Waals surface area contributed by atoms with Gasteiger partial charge in [0.15, 0.2) is 5.82 Å². The Bertz CT molecular complexity index is 668. The molecule has 2 aliphatic heterocycles. The largest absolute Gasteiger partial charge is 0.396 e. The molecule has 3 rings (SSSR count). The summed E-state index contributed by atoms with van der Waals surface area (Å²) in [6, 6.07) is 1.70. The average Bonchev–Trinajstić information content (AvgIpc) is 2.67. The van der Waals surface area contributed by atoms with Gasteiger partial charge in [0, 0.05) is 17.1 Å². The Morgan fingerprint density at radius 1 is 1.29 bits per heavy atom. The number of halogens is 2. The molecule has 2 fully saturated rings. The molecule has 5 nitrogen and oxygen atoms in total. The third kappa shape index (κ3) is 2.42. The summed E-state index contributed by atoms with van der Waals surface area (Å²) < 4.78 is 41.0. The fourth-order valence-electron chi connectivity index (χ4n) is 3.38. The lowest BCUT2D eigenvalue weighted by Crippen LogP contribution is -2.48. The van der Waals surface area contributed by atoms with Gasteiger partial charge in [-0.25, -0.2) is 12.8 Å². The molecule has 0 amide bonds. The Labute approximate surface area is 127 Å². The first-order valence-electron chi connectivity index (χ1n) is 6.77. The van der Waals surface area contributed by atoms with E-state index in [4.69, 9.17) is 17.3 Å². The number of rotatable bonds is 2. The van der Waals surface area contributed by atoms with Gasteiger partial charge in [-0.3, -0.25) is 0 Å². The number of nitrogens with two attached hydrogens (primary N) is 1. The van der Waals surface area contributed by atoms with E-state index in [9.17, 15) is 17.9 Å². The van der Waals surface area contributed by atoms with E-state index in [1.54, 1.807) is 0 Å². The van der Waals surface area contributed by atoms with Gasteiger partial charge in [-0.1, -0.05) is 11.6 Å². The van der Waals surface area contributed by atoms with E-state index < -0.39 is 26.8 Å². The van der Waals surface area contributed by atoms with Gasteiger partial charge in [-0.05, 0) is 37.8 Å². The zero-order valence-corrected chi connectivity index (χ0v) is 12.7. The number of hydrogen-bond donors (Lipinski definition) is 2. The second-order valence-corrected chi connectivity index (χ2v) is 7.90. The molecular formula is C13H16ClFN2O3S. The van der Waals surface area contributed by atoms with Gasteiger partial charge in [-0.15, -0.1) is 0 Å². The predicted molar refractivity (Wildman–Crippen MR) is 76.9 cm³/mol. The van der Waals surface area contributed by atoms with E-state index in [1.165, 1.54) is 10.4 Å². The van der Waals surface area contributed by atoms with E-state index in [-0.39, 0.29) is 22.8 Å². The summed E-state index contributed by atoms with van der Waals surface area (Å²) in [5, 5.41) is 9.83. The molecule has 2 saturated heterocycles. The van der Waals surface area contributed by atoms with E-state index in [1.807, 2.05) is 0 Å². The van der Waals surface area contributed by atoms with Gasteiger partial charge in [0.25, 0.3) is 0 Å². The summed E-state index contributed by atoms with van der Waals surface area (Å²) in [7, 11) is -4.01. The molecule has 0 saturated carbocycles. The Kier molecular flexibility index (Phi) is 3.64. The molecule has 3 N–H and O–H groups in total. The second-order valence-electron chi connectivity index (χ2n) is 5.65. The van der Waals surface area contributed by atoms with Gasteiger partial charge in [0.05, 0.1) is 11.8 Å². The number of anilines is 1. The molecule has 0 aromatic heterocycles. The fraction of sp³-hybridized carbons (Fsp3) is 0.538. The molecule has 2 unspecified atom stereocenters. The van der Waals surface area contributed by atoms with Crippen molar-refractivity contribution < 1.29 is 17.9 Å². The van der Waals surface area contributed by atoms with Crippen LogP contribution in [0.4, 0.5) is 10.1 Å². The van der Waals surface area contributed by atoms with Gasteiger partial charge in [-0.2, -0.15) is 4.31 Å². The van der Waals surface area contributed by atoms with Gasteiger partial charge < -0.3 is 10.8 Å². The van der Waals surface area contributed by atoms with Crippen molar-refractivity contribution in [2.45, 2.75) is 48.8 Å². The average molecular weight is 335 g/mol. The molecule has 116 valence electrons. The van der Waals surface area contributed by atoms with E-state index in [2.05, 4.69) is 0 Å². The van der Waals surface area contributed by atoms with Crippen molar-refractivity contribution in [1.29, 1.82) is 0 Å². The Balaban J connectivity index is 2.06. The molecule has 2 bridgehead atoms. The van der Waals surface area contributed by atoms with Crippen LogP contribution >= 0.6 is 11.6 Å². The smallest absolute Gasteiger partial charge is 0.246 e. The van der Waals surface area contributed by atoms with Crippen molar-refractivity contribution >= 4 is 27.3 Å². The molecule has 2 aliphatic rings. The number of aliphatic hydroxyl groups is 1. The normalized spacial score (nSPS) is 29.8. The van der Waals surface area contributed by atoms with Crippen LogP contribution in [-0.4, -0.2) is 36.0 Å². The quantitative estimate of drug-likeness (QED) is 0.807. The van der Waals surface area contributed by atoms with Crippen molar-refractivity contribution in [3.63, 3.8) is 0 Å². The molecule has 0 spiro atoms. The molecule has 0 radical (unpaired) electrons. The number of aliphatic hydroxyl groups excluding tert-OH is 1. The lowest BCUT2D eigenvalue weighted by Gasteiger charge is -2.36. The van der Waals surface area contributed by atoms with Crippen molar-refractivity contribution in [3.8, 4) is 0 Å².